The maximum atomic E-state index is 13.5. The predicted octanol–water partition coefficient (Wildman–Crippen LogP) is 2.30. The highest BCUT2D eigenvalue weighted by atomic mass is 32.2. The molecule has 2 rings (SSSR count). The van der Waals surface area contributed by atoms with Gasteiger partial charge in [-0.25, -0.2) is 17.5 Å². The Morgan fingerprint density at radius 1 is 1.40 bits per heavy atom. The molecule has 0 saturated carbocycles. The molecule has 0 unspecified atom stereocenters. The van der Waals surface area contributed by atoms with Crippen LogP contribution in [0.15, 0.2) is 33.9 Å². The molecule has 0 fully saturated rings. The first-order chi connectivity index (χ1) is 9.40. The van der Waals surface area contributed by atoms with Gasteiger partial charge in [0.2, 0.25) is 10.0 Å². The molecule has 2 aromatic rings. The summed E-state index contributed by atoms with van der Waals surface area (Å²) in [4.78, 5) is -0.150. The van der Waals surface area contributed by atoms with Gasteiger partial charge in [-0.15, -0.1) is 0 Å². The van der Waals surface area contributed by atoms with Gasteiger partial charge >= 0.3 is 0 Å². The number of halogens is 1. The fraction of sp³-hybridized carbons (Fsp3) is 0.231. The summed E-state index contributed by atoms with van der Waals surface area (Å²) in [6.45, 7) is 1.76. The fourth-order valence-electron chi connectivity index (χ4n) is 1.68. The van der Waals surface area contributed by atoms with Crippen LogP contribution in [0.5, 0.6) is 0 Å². The molecule has 7 heteroatoms. The molecular weight excluding hydrogens is 299 g/mol. The number of nitrogens with one attached hydrogen (secondary N) is 1. The van der Waals surface area contributed by atoms with Crippen LogP contribution >= 0.6 is 11.3 Å². The maximum Gasteiger partial charge on any atom is 0.240 e. The van der Waals surface area contributed by atoms with Gasteiger partial charge in [0.05, 0.1) is 4.90 Å². The maximum absolute atomic E-state index is 13.5. The van der Waals surface area contributed by atoms with Gasteiger partial charge in [0, 0.05) is 17.8 Å². The van der Waals surface area contributed by atoms with Crippen molar-refractivity contribution in [2.24, 2.45) is 0 Å². The van der Waals surface area contributed by atoms with Crippen LogP contribution in [0.4, 0.5) is 10.1 Å². The normalized spacial score (nSPS) is 11.7. The Labute approximate surface area is 121 Å². The van der Waals surface area contributed by atoms with Gasteiger partial charge in [-0.1, -0.05) is 0 Å². The predicted molar refractivity (Wildman–Crippen MR) is 78.8 cm³/mol. The molecule has 3 N–H and O–H groups in total. The van der Waals surface area contributed by atoms with Gasteiger partial charge in [0.1, 0.15) is 5.82 Å². The number of rotatable bonds is 5. The van der Waals surface area contributed by atoms with Crippen molar-refractivity contribution in [1.29, 1.82) is 0 Å². The van der Waals surface area contributed by atoms with E-state index in [9.17, 15) is 12.8 Å². The van der Waals surface area contributed by atoms with Gasteiger partial charge in [-0.2, -0.15) is 11.3 Å². The topological polar surface area (TPSA) is 72.2 Å². The van der Waals surface area contributed by atoms with Gasteiger partial charge in [0.15, 0.2) is 0 Å². The molecule has 1 heterocycles. The summed E-state index contributed by atoms with van der Waals surface area (Å²) in [5, 5.41) is 3.89. The average Bonchev–Trinajstić information content (AvgIpc) is 2.88. The lowest BCUT2D eigenvalue weighted by Gasteiger charge is -2.09. The minimum atomic E-state index is -3.74. The summed E-state index contributed by atoms with van der Waals surface area (Å²) in [6, 6.07) is 4.19. The van der Waals surface area contributed by atoms with E-state index in [2.05, 4.69) is 4.72 Å². The van der Waals surface area contributed by atoms with Crippen LogP contribution in [0, 0.1) is 12.7 Å². The zero-order valence-electron chi connectivity index (χ0n) is 10.9. The SMILES string of the molecule is Cc1c(N)cc(S(=O)(=O)NCCc2ccsc2)cc1F. The molecule has 0 spiro atoms. The van der Waals surface area contributed by atoms with E-state index in [4.69, 9.17) is 5.73 Å². The number of hydrogen-bond donors (Lipinski definition) is 2. The molecule has 108 valence electrons. The highest BCUT2D eigenvalue weighted by Crippen LogP contribution is 2.20. The van der Waals surface area contributed by atoms with E-state index in [1.54, 1.807) is 11.3 Å². The van der Waals surface area contributed by atoms with Crippen molar-refractivity contribution in [3.63, 3.8) is 0 Å². The lowest BCUT2D eigenvalue weighted by Crippen LogP contribution is -2.26. The Kier molecular flexibility index (Phi) is 4.42. The summed E-state index contributed by atoms with van der Waals surface area (Å²) in [5.41, 5.74) is 7.04. The Hall–Kier alpha value is -1.44. The van der Waals surface area contributed by atoms with Crippen LogP contribution < -0.4 is 10.5 Å². The third-order valence-electron chi connectivity index (χ3n) is 2.95. The van der Waals surface area contributed by atoms with Crippen LogP contribution in [0.25, 0.3) is 0 Å². The first-order valence-electron chi connectivity index (χ1n) is 5.96. The van der Waals surface area contributed by atoms with E-state index in [0.717, 1.165) is 11.6 Å². The molecule has 20 heavy (non-hydrogen) atoms. The second kappa shape index (κ2) is 5.90. The molecule has 0 aliphatic carbocycles. The molecule has 0 aliphatic rings. The Morgan fingerprint density at radius 3 is 2.75 bits per heavy atom. The Balaban J connectivity index is 2.10. The second-order valence-corrected chi connectivity index (χ2v) is 6.95. The molecule has 0 bridgehead atoms. The van der Waals surface area contributed by atoms with E-state index in [0.29, 0.717) is 6.42 Å². The summed E-state index contributed by atoms with van der Waals surface area (Å²) < 4.78 is 40.1. The Morgan fingerprint density at radius 2 is 2.15 bits per heavy atom. The largest absolute Gasteiger partial charge is 0.398 e. The van der Waals surface area contributed by atoms with Gasteiger partial charge in [0.25, 0.3) is 0 Å². The number of nitrogen functional groups attached to an aromatic ring is 1. The smallest absolute Gasteiger partial charge is 0.240 e. The van der Waals surface area contributed by atoms with Crippen LogP contribution in [0.2, 0.25) is 0 Å². The summed E-state index contributed by atoms with van der Waals surface area (Å²) in [7, 11) is -3.74. The number of hydrogen-bond acceptors (Lipinski definition) is 4. The third-order valence-corrected chi connectivity index (χ3v) is 5.13. The third kappa shape index (κ3) is 3.36. The van der Waals surface area contributed by atoms with E-state index in [1.807, 2.05) is 16.8 Å². The van der Waals surface area contributed by atoms with E-state index in [-0.39, 0.29) is 22.7 Å². The van der Waals surface area contributed by atoms with Gasteiger partial charge < -0.3 is 5.73 Å². The highest BCUT2D eigenvalue weighted by Gasteiger charge is 2.17. The van der Waals surface area contributed by atoms with Crippen LogP contribution in [-0.2, 0) is 16.4 Å². The highest BCUT2D eigenvalue weighted by molar-refractivity contribution is 7.89. The summed E-state index contributed by atoms with van der Waals surface area (Å²) >= 11 is 1.56. The summed E-state index contributed by atoms with van der Waals surface area (Å²) in [6.07, 6.45) is 0.590. The van der Waals surface area contributed by atoms with Crippen molar-refractivity contribution < 1.29 is 12.8 Å². The van der Waals surface area contributed by atoms with E-state index < -0.39 is 15.8 Å². The minimum absolute atomic E-state index is 0.128. The molecule has 0 aliphatic heterocycles. The van der Waals surface area contributed by atoms with Crippen LogP contribution in [0.1, 0.15) is 11.1 Å². The zero-order valence-corrected chi connectivity index (χ0v) is 12.5. The van der Waals surface area contributed by atoms with Crippen molar-refractivity contribution in [3.05, 3.63) is 45.9 Å². The molecule has 1 aromatic carbocycles. The zero-order chi connectivity index (χ0) is 14.8. The lowest BCUT2D eigenvalue weighted by atomic mass is 10.2. The molecule has 0 amide bonds. The van der Waals surface area contributed by atoms with Gasteiger partial charge in [-0.3, -0.25) is 0 Å². The first-order valence-corrected chi connectivity index (χ1v) is 8.39. The second-order valence-electron chi connectivity index (χ2n) is 4.40. The molecule has 4 nitrogen and oxygen atoms in total. The van der Waals surface area contributed by atoms with E-state index >= 15 is 0 Å². The monoisotopic (exact) mass is 314 g/mol. The number of anilines is 1. The van der Waals surface area contributed by atoms with Crippen molar-refractivity contribution in [2.45, 2.75) is 18.2 Å². The number of sulfonamides is 1. The molecule has 0 atom stereocenters. The fourth-order valence-corrected chi connectivity index (χ4v) is 3.46. The number of thiophene rings is 1. The molecule has 0 saturated heterocycles. The molecular formula is C13H15FN2O2S2. The first kappa shape index (κ1) is 15.0. The Bertz CT molecular complexity index is 674. The molecule has 0 radical (unpaired) electrons. The number of nitrogens with two attached hydrogens (primary N) is 1. The standard InChI is InChI=1S/C13H15FN2O2S2/c1-9-12(14)6-11(7-13(9)15)20(17,18)16-4-2-10-3-5-19-8-10/h3,5-8,16H,2,4,15H2,1H3. The van der Waals surface area contributed by atoms with E-state index in [1.165, 1.54) is 13.0 Å². The van der Waals surface area contributed by atoms with Crippen LogP contribution in [-0.4, -0.2) is 15.0 Å². The lowest BCUT2D eigenvalue weighted by molar-refractivity contribution is 0.577. The van der Waals surface area contributed by atoms with Gasteiger partial charge in [-0.05, 0) is 47.9 Å². The van der Waals surface area contributed by atoms with Crippen molar-refractivity contribution in [1.82, 2.24) is 4.72 Å². The molecule has 1 aromatic heterocycles. The average molecular weight is 314 g/mol. The van der Waals surface area contributed by atoms with Crippen molar-refractivity contribution in [2.75, 3.05) is 12.3 Å². The van der Waals surface area contributed by atoms with Crippen LogP contribution in [0.3, 0.4) is 0 Å². The van der Waals surface area contributed by atoms with Crippen molar-refractivity contribution >= 4 is 27.0 Å². The quantitative estimate of drug-likeness (QED) is 0.832. The van der Waals surface area contributed by atoms with Crippen molar-refractivity contribution in [3.8, 4) is 0 Å². The number of benzene rings is 1. The minimum Gasteiger partial charge on any atom is -0.398 e. The summed E-state index contributed by atoms with van der Waals surface area (Å²) in [5.74, 6) is -0.622.